The molecule has 0 saturated carbocycles. The maximum absolute atomic E-state index is 13.3. The van der Waals surface area contributed by atoms with Crippen LogP contribution in [0.5, 0.6) is 0 Å². The Morgan fingerprint density at radius 1 is 0.857 bits per heavy atom. The molecule has 4 aromatic rings. The molecule has 1 N–H and O–H groups in total. The number of carbonyl (C=O) groups is 2. The highest BCUT2D eigenvalue weighted by molar-refractivity contribution is 5.94. The van der Waals surface area contributed by atoms with Crippen molar-refractivity contribution in [1.82, 2.24) is 15.4 Å². The maximum atomic E-state index is 13.3. The van der Waals surface area contributed by atoms with Crippen molar-refractivity contribution >= 4 is 11.8 Å². The molecule has 0 spiro atoms. The predicted molar refractivity (Wildman–Crippen MR) is 125 cm³/mol. The van der Waals surface area contributed by atoms with Crippen molar-refractivity contribution in [1.29, 1.82) is 0 Å². The molecule has 0 atom stereocenters. The number of rotatable bonds is 8. The summed E-state index contributed by atoms with van der Waals surface area (Å²) in [6.07, 6.45) is 0. The molecule has 6 nitrogen and oxygen atoms in total. The fourth-order valence-electron chi connectivity index (χ4n) is 3.45. The van der Waals surface area contributed by atoms with Gasteiger partial charge in [0.05, 0.1) is 6.54 Å². The van der Waals surface area contributed by atoms with E-state index < -0.39 is 11.7 Å². The number of aromatic nitrogens is 1. The molecule has 1 aromatic heterocycles. The van der Waals surface area contributed by atoms with E-state index >= 15 is 0 Å². The van der Waals surface area contributed by atoms with Crippen LogP contribution in [0.3, 0.4) is 0 Å². The van der Waals surface area contributed by atoms with Crippen LogP contribution in [0.1, 0.15) is 43.3 Å². The van der Waals surface area contributed by atoms with E-state index in [0.717, 1.165) is 16.7 Å². The van der Waals surface area contributed by atoms with Gasteiger partial charge in [0.25, 0.3) is 11.8 Å². The largest absolute Gasteiger partial charge is 0.359 e. The third-order valence-electron chi connectivity index (χ3n) is 5.38. The topological polar surface area (TPSA) is 75.4 Å². The number of amides is 2. The molecule has 35 heavy (non-hydrogen) atoms. The molecule has 0 radical (unpaired) electrons. The van der Waals surface area contributed by atoms with Crippen LogP contribution in [-0.4, -0.2) is 21.9 Å². The van der Waals surface area contributed by atoms with E-state index in [-0.39, 0.29) is 37.1 Å². The molecule has 0 aliphatic heterocycles. The smallest absolute Gasteiger partial charge is 0.273 e. The minimum Gasteiger partial charge on any atom is -0.359 e. The quantitative estimate of drug-likeness (QED) is 0.388. The van der Waals surface area contributed by atoms with E-state index in [0.29, 0.717) is 11.3 Å². The molecular weight excluding hydrogens is 452 g/mol. The molecule has 0 aliphatic carbocycles. The number of hydrogen-bond acceptors (Lipinski definition) is 4. The van der Waals surface area contributed by atoms with Gasteiger partial charge in [-0.15, -0.1) is 0 Å². The Labute approximate surface area is 201 Å². The first-order valence-corrected chi connectivity index (χ1v) is 11.0. The molecule has 2 amide bonds. The Kier molecular flexibility index (Phi) is 7.30. The van der Waals surface area contributed by atoms with E-state index in [9.17, 15) is 18.4 Å². The van der Waals surface area contributed by atoms with E-state index in [2.05, 4.69) is 10.5 Å². The number of hydrogen-bond donors (Lipinski definition) is 1. The number of nitrogens with one attached hydrogen (secondary N) is 1. The van der Waals surface area contributed by atoms with Crippen molar-refractivity contribution in [2.45, 2.75) is 26.6 Å². The second-order valence-electron chi connectivity index (χ2n) is 8.14. The lowest BCUT2D eigenvalue weighted by Gasteiger charge is -2.22. The Balaban J connectivity index is 1.47. The van der Waals surface area contributed by atoms with Gasteiger partial charge in [0.15, 0.2) is 11.5 Å². The highest BCUT2D eigenvalue weighted by atomic mass is 19.1. The van der Waals surface area contributed by atoms with E-state index in [1.54, 1.807) is 17.0 Å². The number of carbonyl (C=O) groups excluding carboxylic acids is 2. The molecule has 1 heterocycles. The van der Waals surface area contributed by atoms with Crippen LogP contribution in [-0.2, 0) is 19.6 Å². The number of nitrogens with zero attached hydrogens (tertiary/aromatic N) is 2. The Morgan fingerprint density at radius 3 is 2.11 bits per heavy atom. The summed E-state index contributed by atoms with van der Waals surface area (Å²) >= 11 is 0. The van der Waals surface area contributed by atoms with Gasteiger partial charge in [-0.1, -0.05) is 47.1 Å². The molecule has 178 valence electrons. The first-order valence-electron chi connectivity index (χ1n) is 11.0. The molecule has 0 saturated heterocycles. The summed E-state index contributed by atoms with van der Waals surface area (Å²) in [5.74, 6) is -1.24. The van der Waals surface area contributed by atoms with Gasteiger partial charge in [0.1, 0.15) is 11.6 Å². The minimum absolute atomic E-state index is 0.0579. The first-order chi connectivity index (χ1) is 16.9. The fraction of sp³-hybridized carbons (Fsp3) is 0.148. The van der Waals surface area contributed by atoms with Gasteiger partial charge < -0.3 is 14.7 Å². The average molecular weight is 475 g/mol. The van der Waals surface area contributed by atoms with Crippen molar-refractivity contribution in [3.05, 3.63) is 124 Å². The van der Waals surface area contributed by atoms with Gasteiger partial charge in [-0.25, -0.2) is 8.78 Å². The Morgan fingerprint density at radius 2 is 1.46 bits per heavy atom. The summed E-state index contributed by atoms with van der Waals surface area (Å²) in [7, 11) is 0. The van der Waals surface area contributed by atoms with Crippen molar-refractivity contribution in [3.63, 3.8) is 0 Å². The third-order valence-corrected chi connectivity index (χ3v) is 5.38. The van der Waals surface area contributed by atoms with Crippen LogP contribution in [0.15, 0.2) is 83.4 Å². The standard InChI is InChI=1S/C27H23F2N3O3/c1-18-2-4-20(5-3-18)16-32(27(34)21-8-12-23(29)13-9-21)17-24-14-25(31-35-24)26(33)30-15-19-6-10-22(28)11-7-19/h2-14H,15-17H2,1H3,(H,30,33). The number of benzene rings is 3. The van der Waals surface area contributed by atoms with Gasteiger partial charge in [-0.3, -0.25) is 9.59 Å². The van der Waals surface area contributed by atoms with Crippen LogP contribution in [0, 0.1) is 18.6 Å². The predicted octanol–water partition coefficient (Wildman–Crippen LogP) is 5.03. The zero-order valence-electron chi connectivity index (χ0n) is 19.0. The summed E-state index contributed by atoms with van der Waals surface area (Å²) in [4.78, 5) is 27.2. The number of halogens is 2. The van der Waals surface area contributed by atoms with Crippen molar-refractivity contribution in [3.8, 4) is 0 Å². The summed E-state index contributed by atoms with van der Waals surface area (Å²) in [5.41, 5.74) is 3.12. The van der Waals surface area contributed by atoms with Gasteiger partial charge >= 0.3 is 0 Å². The van der Waals surface area contributed by atoms with Gasteiger partial charge in [-0.2, -0.15) is 0 Å². The lowest BCUT2D eigenvalue weighted by Crippen LogP contribution is -2.30. The van der Waals surface area contributed by atoms with Gasteiger partial charge in [0, 0.05) is 24.7 Å². The monoisotopic (exact) mass is 475 g/mol. The second-order valence-corrected chi connectivity index (χ2v) is 8.14. The van der Waals surface area contributed by atoms with Crippen molar-refractivity contribution < 1.29 is 22.9 Å². The van der Waals surface area contributed by atoms with Crippen LogP contribution < -0.4 is 5.32 Å². The fourth-order valence-corrected chi connectivity index (χ4v) is 3.45. The summed E-state index contributed by atoms with van der Waals surface area (Å²) in [6, 6.07) is 20.3. The lowest BCUT2D eigenvalue weighted by molar-refractivity contribution is 0.0713. The molecule has 0 aliphatic rings. The van der Waals surface area contributed by atoms with Crippen LogP contribution in [0.25, 0.3) is 0 Å². The average Bonchev–Trinajstić information content (AvgIpc) is 3.33. The maximum Gasteiger partial charge on any atom is 0.273 e. The molecule has 8 heteroatoms. The van der Waals surface area contributed by atoms with Crippen LogP contribution >= 0.6 is 0 Å². The minimum atomic E-state index is -0.459. The number of aryl methyl sites for hydroxylation is 1. The molecule has 3 aromatic carbocycles. The summed E-state index contributed by atoms with van der Waals surface area (Å²) in [6.45, 7) is 2.51. The van der Waals surface area contributed by atoms with E-state index in [1.165, 1.54) is 42.5 Å². The molecular formula is C27H23F2N3O3. The normalized spacial score (nSPS) is 10.7. The van der Waals surface area contributed by atoms with Crippen molar-refractivity contribution in [2.75, 3.05) is 0 Å². The highest BCUT2D eigenvalue weighted by Gasteiger charge is 2.20. The summed E-state index contributed by atoms with van der Waals surface area (Å²) < 4.78 is 31.7. The second kappa shape index (κ2) is 10.7. The molecule has 4 rings (SSSR count). The Bertz CT molecular complexity index is 1300. The third kappa shape index (κ3) is 6.38. The zero-order valence-corrected chi connectivity index (χ0v) is 19.0. The first kappa shape index (κ1) is 23.8. The highest BCUT2D eigenvalue weighted by Crippen LogP contribution is 2.16. The van der Waals surface area contributed by atoms with E-state index in [1.807, 2.05) is 31.2 Å². The van der Waals surface area contributed by atoms with Gasteiger partial charge in [-0.05, 0) is 54.4 Å². The van der Waals surface area contributed by atoms with Crippen LogP contribution in [0.4, 0.5) is 8.78 Å². The van der Waals surface area contributed by atoms with Gasteiger partial charge in [0.2, 0.25) is 0 Å². The SMILES string of the molecule is Cc1ccc(CN(Cc2cc(C(=O)NCc3ccc(F)cc3)no2)C(=O)c2ccc(F)cc2)cc1. The summed E-state index contributed by atoms with van der Waals surface area (Å²) in [5, 5.41) is 6.52. The molecule has 0 unspecified atom stereocenters. The molecule has 0 fully saturated rings. The zero-order chi connectivity index (χ0) is 24.8. The van der Waals surface area contributed by atoms with E-state index in [4.69, 9.17) is 4.52 Å². The lowest BCUT2D eigenvalue weighted by atomic mass is 10.1. The van der Waals surface area contributed by atoms with Crippen LogP contribution in [0.2, 0.25) is 0 Å². The van der Waals surface area contributed by atoms with Crippen molar-refractivity contribution in [2.24, 2.45) is 0 Å². The Hall–Kier alpha value is -4.33. The molecule has 0 bridgehead atoms.